The molecule has 3 fully saturated rings. The first-order chi connectivity index (χ1) is 12.7. The second-order valence-corrected chi connectivity index (χ2v) is 10.7. The molecule has 0 radical (unpaired) electrons. The van der Waals surface area contributed by atoms with Gasteiger partial charge in [-0.25, -0.2) is 0 Å². The SMILES string of the molecule is CSCC(=O)[C@@]1(O)CCC2C3CCC4=CC(=O)CC[C@]4(C)C3C(O)C[C@@]21C. The van der Waals surface area contributed by atoms with Crippen LogP contribution in [0.4, 0.5) is 0 Å². The number of allylic oxidation sites excluding steroid dienone is 1. The van der Waals surface area contributed by atoms with Crippen molar-refractivity contribution in [2.45, 2.75) is 70.5 Å². The molecule has 0 aromatic rings. The standard InChI is InChI=1S/C22H32O4S/c1-20-8-6-14(23)10-13(20)4-5-15-16-7-9-22(26,18(25)12-27-3)21(16,2)11-17(24)19(15)20/h10,15-17,19,24,26H,4-9,11-12H2,1-3H3/t15?,16?,17?,19?,20-,21-,22-/m0/s1. The fourth-order valence-corrected chi connectivity index (χ4v) is 7.90. The Morgan fingerprint density at radius 2 is 2.00 bits per heavy atom. The summed E-state index contributed by atoms with van der Waals surface area (Å²) < 4.78 is 0. The first kappa shape index (κ1) is 19.7. The zero-order chi connectivity index (χ0) is 19.6. The van der Waals surface area contributed by atoms with Crippen molar-refractivity contribution in [2.24, 2.45) is 28.6 Å². The molecule has 0 saturated heterocycles. The number of rotatable bonds is 3. The number of hydrogen-bond acceptors (Lipinski definition) is 5. The third-order valence-electron chi connectivity index (χ3n) is 8.79. The smallest absolute Gasteiger partial charge is 0.174 e. The van der Waals surface area contributed by atoms with Gasteiger partial charge in [-0.05, 0) is 74.0 Å². The molecule has 2 N–H and O–H groups in total. The molecule has 4 nitrogen and oxygen atoms in total. The maximum atomic E-state index is 12.8. The van der Waals surface area contributed by atoms with Gasteiger partial charge >= 0.3 is 0 Å². The summed E-state index contributed by atoms with van der Waals surface area (Å²) in [7, 11) is 0. The van der Waals surface area contributed by atoms with Crippen molar-refractivity contribution in [1.82, 2.24) is 0 Å². The topological polar surface area (TPSA) is 74.6 Å². The van der Waals surface area contributed by atoms with Crippen LogP contribution in [0.5, 0.6) is 0 Å². The summed E-state index contributed by atoms with van der Waals surface area (Å²) in [6, 6.07) is 0. The van der Waals surface area contributed by atoms with Gasteiger partial charge in [0.1, 0.15) is 5.60 Å². The van der Waals surface area contributed by atoms with Gasteiger partial charge in [-0.15, -0.1) is 0 Å². The molecule has 0 spiro atoms. The Kier molecular flexibility index (Phi) is 4.68. The van der Waals surface area contributed by atoms with E-state index < -0.39 is 17.1 Å². The first-order valence-electron chi connectivity index (χ1n) is 10.3. The molecule has 27 heavy (non-hydrogen) atoms. The van der Waals surface area contributed by atoms with E-state index in [1.165, 1.54) is 17.3 Å². The highest BCUT2D eigenvalue weighted by molar-refractivity contribution is 7.99. The molecule has 4 unspecified atom stereocenters. The number of ketones is 2. The van der Waals surface area contributed by atoms with E-state index in [4.69, 9.17) is 0 Å². The minimum atomic E-state index is -1.31. The average molecular weight is 393 g/mol. The zero-order valence-electron chi connectivity index (χ0n) is 16.7. The van der Waals surface area contributed by atoms with Crippen molar-refractivity contribution in [2.75, 3.05) is 12.0 Å². The number of aliphatic hydroxyl groups excluding tert-OH is 1. The van der Waals surface area contributed by atoms with Gasteiger partial charge in [0, 0.05) is 11.8 Å². The predicted octanol–water partition coefficient (Wildman–Crippen LogP) is 3.15. The van der Waals surface area contributed by atoms with Crippen molar-refractivity contribution in [3.05, 3.63) is 11.6 Å². The summed E-state index contributed by atoms with van der Waals surface area (Å²) >= 11 is 1.46. The lowest BCUT2D eigenvalue weighted by Crippen LogP contribution is -2.61. The lowest BCUT2D eigenvalue weighted by Gasteiger charge is -2.60. The van der Waals surface area contributed by atoms with E-state index in [0.717, 1.165) is 25.7 Å². The predicted molar refractivity (Wildman–Crippen MR) is 106 cm³/mol. The maximum absolute atomic E-state index is 12.8. The Bertz CT molecular complexity index is 702. The van der Waals surface area contributed by atoms with Crippen molar-refractivity contribution in [3.63, 3.8) is 0 Å². The van der Waals surface area contributed by atoms with E-state index in [1.807, 2.05) is 19.3 Å². The molecular weight excluding hydrogens is 360 g/mol. The van der Waals surface area contributed by atoms with E-state index in [0.29, 0.717) is 30.9 Å². The third-order valence-corrected chi connectivity index (χ3v) is 9.34. The van der Waals surface area contributed by atoms with Gasteiger partial charge in [0.2, 0.25) is 0 Å². The first-order valence-corrected chi connectivity index (χ1v) is 11.7. The summed E-state index contributed by atoms with van der Waals surface area (Å²) in [6.45, 7) is 4.27. The average Bonchev–Trinajstić information content (AvgIpc) is 2.87. The summed E-state index contributed by atoms with van der Waals surface area (Å²) in [6.07, 6.45) is 8.27. The monoisotopic (exact) mass is 392 g/mol. The zero-order valence-corrected chi connectivity index (χ0v) is 17.5. The molecule has 0 bridgehead atoms. The van der Waals surface area contributed by atoms with Gasteiger partial charge in [-0.2, -0.15) is 11.8 Å². The number of thioether (sulfide) groups is 1. The Morgan fingerprint density at radius 3 is 2.70 bits per heavy atom. The summed E-state index contributed by atoms with van der Waals surface area (Å²) in [5.74, 6) is 1.17. The quantitative estimate of drug-likeness (QED) is 0.772. The van der Waals surface area contributed by atoms with Crippen molar-refractivity contribution in [3.8, 4) is 0 Å². The van der Waals surface area contributed by atoms with Crippen LogP contribution >= 0.6 is 11.8 Å². The van der Waals surface area contributed by atoms with Crippen LogP contribution in [0.1, 0.15) is 58.8 Å². The Balaban J connectivity index is 1.71. The van der Waals surface area contributed by atoms with Crippen molar-refractivity contribution < 1.29 is 19.8 Å². The number of aliphatic hydroxyl groups is 2. The molecule has 3 saturated carbocycles. The van der Waals surface area contributed by atoms with Crippen LogP contribution < -0.4 is 0 Å². The van der Waals surface area contributed by atoms with E-state index in [9.17, 15) is 19.8 Å². The van der Waals surface area contributed by atoms with Crippen LogP contribution in [0.15, 0.2) is 11.6 Å². The van der Waals surface area contributed by atoms with Gasteiger partial charge in [-0.1, -0.05) is 19.4 Å². The molecule has 0 aliphatic heterocycles. The number of fused-ring (bicyclic) bond motifs is 5. The highest BCUT2D eigenvalue weighted by Gasteiger charge is 2.68. The number of hydrogen-bond donors (Lipinski definition) is 2. The molecule has 5 heteroatoms. The van der Waals surface area contributed by atoms with Gasteiger partial charge in [-0.3, -0.25) is 9.59 Å². The van der Waals surface area contributed by atoms with Crippen LogP contribution in [0.3, 0.4) is 0 Å². The Hall–Kier alpha value is -0.650. The van der Waals surface area contributed by atoms with Gasteiger partial charge in [0.25, 0.3) is 0 Å². The van der Waals surface area contributed by atoms with Crippen molar-refractivity contribution >= 4 is 23.3 Å². The fraction of sp³-hybridized carbons (Fsp3) is 0.818. The number of carbonyl (C=O) groups is 2. The second-order valence-electron chi connectivity index (χ2n) is 9.83. The van der Waals surface area contributed by atoms with Crippen LogP contribution in [0, 0.1) is 28.6 Å². The third kappa shape index (κ3) is 2.57. The molecule has 4 rings (SSSR count). The highest BCUT2D eigenvalue weighted by Crippen LogP contribution is 2.67. The van der Waals surface area contributed by atoms with Gasteiger partial charge in [0.15, 0.2) is 11.6 Å². The number of Topliss-reactive ketones (excluding diaryl/α,β-unsaturated/α-hetero) is 1. The van der Waals surface area contributed by atoms with Crippen molar-refractivity contribution in [1.29, 1.82) is 0 Å². The molecule has 4 aliphatic carbocycles. The second kappa shape index (κ2) is 6.43. The molecule has 150 valence electrons. The molecular formula is C22H32O4S. The number of carbonyl (C=O) groups excluding carboxylic acids is 2. The maximum Gasteiger partial charge on any atom is 0.174 e. The normalized spacial score (nSPS) is 49.1. The minimum absolute atomic E-state index is 0.0727. The van der Waals surface area contributed by atoms with Crippen LogP contribution in [0.2, 0.25) is 0 Å². The molecule has 0 aromatic carbocycles. The highest BCUT2D eigenvalue weighted by atomic mass is 32.2. The lowest BCUT2D eigenvalue weighted by atomic mass is 9.45. The molecule has 7 atom stereocenters. The van der Waals surface area contributed by atoms with Gasteiger partial charge < -0.3 is 10.2 Å². The van der Waals surface area contributed by atoms with Crippen LogP contribution in [-0.4, -0.2) is 45.5 Å². The molecule has 0 heterocycles. The van der Waals surface area contributed by atoms with Gasteiger partial charge in [0.05, 0.1) is 11.9 Å². The largest absolute Gasteiger partial charge is 0.393 e. The fourth-order valence-electron chi connectivity index (χ4n) is 7.40. The molecule has 4 aliphatic rings. The summed E-state index contributed by atoms with van der Waals surface area (Å²) in [5, 5.41) is 22.7. The van der Waals surface area contributed by atoms with E-state index in [-0.39, 0.29) is 28.8 Å². The summed E-state index contributed by atoms with van der Waals surface area (Å²) in [5.41, 5.74) is -0.773. The van der Waals surface area contributed by atoms with E-state index in [2.05, 4.69) is 6.92 Å². The summed E-state index contributed by atoms with van der Waals surface area (Å²) in [4.78, 5) is 24.8. The van der Waals surface area contributed by atoms with E-state index in [1.54, 1.807) is 0 Å². The molecule has 0 amide bonds. The van der Waals surface area contributed by atoms with Crippen LogP contribution in [-0.2, 0) is 9.59 Å². The van der Waals surface area contributed by atoms with Crippen LogP contribution in [0.25, 0.3) is 0 Å². The Morgan fingerprint density at radius 1 is 1.26 bits per heavy atom. The Labute approximate surface area is 166 Å². The van der Waals surface area contributed by atoms with E-state index >= 15 is 0 Å². The lowest BCUT2D eigenvalue weighted by molar-refractivity contribution is -0.178. The minimum Gasteiger partial charge on any atom is -0.393 e. The molecule has 0 aromatic heterocycles.